The molecule has 2 nitrogen and oxygen atoms in total. The van der Waals surface area contributed by atoms with Gasteiger partial charge in [0.25, 0.3) is 0 Å². The van der Waals surface area contributed by atoms with Gasteiger partial charge < -0.3 is 5.11 Å². The zero-order valence-electron chi connectivity index (χ0n) is 9.07. The molecule has 1 unspecified atom stereocenters. The van der Waals surface area contributed by atoms with E-state index in [1.54, 1.807) is 6.92 Å². The van der Waals surface area contributed by atoms with Crippen molar-refractivity contribution in [3.8, 4) is 0 Å². The maximum Gasteiger partial charge on any atom is 0.141 e. The lowest BCUT2D eigenvalue weighted by Gasteiger charge is -2.23. The summed E-state index contributed by atoms with van der Waals surface area (Å²) in [4.78, 5) is 4.58. The van der Waals surface area contributed by atoms with Crippen molar-refractivity contribution in [3.05, 3.63) is 51.7 Å². The number of halogens is 1. The summed E-state index contributed by atoms with van der Waals surface area (Å²) >= 11 is 1.46. The molecule has 2 heterocycles. The highest BCUT2D eigenvalue weighted by molar-refractivity contribution is 7.10. The van der Waals surface area contributed by atoms with Crippen molar-refractivity contribution in [1.82, 2.24) is 4.98 Å². The molecule has 0 aromatic carbocycles. The first-order valence-electron chi connectivity index (χ1n) is 4.90. The fourth-order valence-electron chi connectivity index (χ4n) is 1.68. The van der Waals surface area contributed by atoms with Crippen LogP contribution < -0.4 is 0 Å². The molecule has 0 saturated carbocycles. The topological polar surface area (TPSA) is 33.1 Å². The van der Waals surface area contributed by atoms with Crippen molar-refractivity contribution in [2.75, 3.05) is 0 Å². The van der Waals surface area contributed by atoms with Crippen LogP contribution in [0.25, 0.3) is 0 Å². The van der Waals surface area contributed by atoms with E-state index in [1.165, 1.54) is 23.6 Å². The highest BCUT2D eigenvalue weighted by atomic mass is 32.1. The minimum Gasteiger partial charge on any atom is -0.380 e. The third-order valence-electron chi connectivity index (χ3n) is 2.57. The molecule has 0 saturated heterocycles. The van der Waals surface area contributed by atoms with E-state index < -0.39 is 11.4 Å². The van der Waals surface area contributed by atoms with E-state index in [0.29, 0.717) is 5.56 Å². The van der Waals surface area contributed by atoms with E-state index in [-0.39, 0.29) is 0 Å². The van der Waals surface area contributed by atoms with Gasteiger partial charge >= 0.3 is 0 Å². The van der Waals surface area contributed by atoms with Crippen molar-refractivity contribution >= 4 is 11.3 Å². The smallest absolute Gasteiger partial charge is 0.141 e. The second kappa shape index (κ2) is 3.96. The van der Waals surface area contributed by atoms with Crippen LogP contribution in [0.2, 0.25) is 0 Å². The summed E-state index contributed by atoms with van der Waals surface area (Å²) in [5.41, 5.74) is 0.283. The summed E-state index contributed by atoms with van der Waals surface area (Å²) in [6.45, 7) is 3.58. The maximum atomic E-state index is 13.1. The van der Waals surface area contributed by atoms with Crippen LogP contribution in [-0.2, 0) is 5.60 Å². The van der Waals surface area contributed by atoms with Crippen LogP contribution in [0.1, 0.15) is 22.9 Å². The first kappa shape index (κ1) is 11.2. The number of aliphatic hydroxyl groups is 1. The SMILES string of the molecule is Cc1ccsc1C(C)(O)c1cncc(F)c1. The van der Waals surface area contributed by atoms with Gasteiger partial charge in [-0.3, -0.25) is 4.98 Å². The Labute approximate surface area is 97.4 Å². The first-order chi connectivity index (χ1) is 7.51. The molecule has 2 aromatic heterocycles. The third-order valence-corrected chi connectivity index (χ3v) is 3.80. The van der Waals surface area contributed by atoms with E-state index in [0.717, 1.165) is 16.6 Å². The van der Waals surface area contributed by atoms with Crippen LogP contribution >= 0.6 is 11.3 Å². The van der Waals surface area contributed by atoms with Gasteiger partial charge in [0.1, 0.15) is 11.4 Å². The molecule has 0 aliphatic heterocycles. The Morgan fingerprint density at radius 2 is 2.19 bits per heavy atom. The molecule has 0 fully saturated rings. The second-order valence-corrected chi connectivity index (χ2v) is 4.81. The van der Waals surface area contributed by atoms with E-state index in [2.05, 4.69) is 4.98 Å². The van der Waals surface area contributed by atoms with E-state index in [4.69, 9.17) is 0 Å². The number of hydrogen-bond donors (Lipinski definition) is 1. The molecule has 16 heavy (non-hydrogen) atoms. The van der Waals surface area contributed by atoms with Crippen molar-refractivity contribution in [1.29, 1.82) is 0 Å². The lowest BCUT2D eigenvalue weighted by Crippen LogP contribution is -2.22. The highest BCUT2D eigenvalue weighted by Gasteiger charge is 2.29. The molecular weight excluding hydrogens is 225 g/mol. The number of nitrogens with zero attached hydrogens (tertiary/aromatic N) is 1. The van der Waals surface area contributed by atoms with Crippen LogP contribution in [0.15, 0.2) is 29.9 Å². The molecule has 0 aliphatic carbocycles. The number of pyridine rings is 1. The van der Waals surface area contributed by atoms with Gasteiger partial charge in [0.15, 0.2) is 0 Å². The molecule has 0 spiro atoms. The molecule has 1 atom stereocenters. The molecule has 4 heteroatoms. The molecule has 0 bridgehead atoms. The Morgan fingerprint density at radius 1 is 1.44 bits per heavy atom. The number of hydrogen-bond acceptors (Lipinski definition) is 3. The molecule has 0 radical (unpaired) electrons. The van der Waals surface area contributed by atoms with Crippen LogP contribution in [0.5, 0.6) is 0 Å². The van der Waals surface area contributed by atoms with Crippen molar-refractivity contribution in [2.45, 2.75) is 19.4 Å². The highest BCUT2D eigenvalue weighted by Crippen LogP contribution is 2.34. The largest absolute Gasteiger partial charge is 0.380 e. The average molecular weight is 237 g/mol. The zero-order chi connectivity index (χ0) is 11.8. The van der Waals surface area contributed by atoms with Gasteiger partial charge in [-0.05, 0) is 36.9 Å². The van der Waals surface area contributed by atoms with Gasteiger partial charge in [-0.25, -0.2) is 4.39 Å². The van der Waals surface area contributed by atoms with E-state index in [9.17, 15) is 9.50 Å². The Morgan fingerprint density at radius 3 is 2.75 bits per heavy atom. The van der Waals surface area contributed by atoms with Gasteiger partial charge in [-0.15, -0.1) is 11.3 Å². The minimum absolute atomic E-state index is 0.438. The van der Waals surface area contributed by atoms with Crippen LogP contribution in [0, 0.1) is 12.7 Å². The minimum atomic E-state index is -1.19. The Hall–Kier alpha value is -1.26. The molecular formula is C12H12FNOS. The van der Waals surface area contributed by atoms with Gasteiger partial charge in [-0.1, -0.05) is 0 Å². The monoisotopic (exact) mass is 237 g/mol. The van der Waals surface area contributed by atoms with Crippen LogP contribution in [0.4, 0.5) is 4.39 Å². The summed E-state index contributed by atoms with van der Waals surface area (Å²) < 4.78 is 13.1. The molecule has 84 valence electrons. The molecule has 2 aromatic rings. The van der Waals surface area contributed by atoms with Gasteiger partial charge in [0.2, 0.25) is 0 Å². The lowest BCUT2D eigenvalue weighted by molar-refractivity contribution is 0.105. The Kier molecular flexibility index (Phi) is 2.78. The predicted octanol–water partition coefficient (Wildman–Crippen LogP) is 2.85. The van der Waals surface area contributed by atoms with Crippen LogP contribution in [0.3, 0.4) is 0 Å². The van der Waals surface area contributed by atoms with Gasteiger partial charge in [0, 0.05) is 16.6 Å². The molecule has 0 amide bonds. The second-order valence-electron chi connectivity index (χ2n) is 3.90. The first-order valence-corrected chi connectivity index (χ1v) is 5.78. The maximum absolute atomic E-state index is 13.1. The standard InChI is InChI=1S/C12H12FNOS/c1-8-3-4-16-11(8)12(2,15)9-5-10(13)7-14-6-9/h3-7,15H,1-2H3. The van der Waals surface area contributed by atoms with Gasteiger partial charge in [-0.2, -0.15) is 0 Å². The summed E-state index contributed by atoms with van der Waals surface area (Å²) in [6, 6.07) is 3.24. The van der Waals surface area contributed by atoms with E-state index in [1.807, 2.05) is 18.4 Å². The van der Waals surface area contributed by atoms with Gasteiger partial charge in [0.05, 0.1) is 6.20 Å². The quantitative estimate of drug-likeness (QED) is 0.871. The fourth-order valence-corrected chi connectivity index (χ4v) is 2.69. The Bertz CT molecular complexity index is 507. The van der Waals surface area contributed by atoms with E-state index >= 15 is 0 Å². The molecule has 1 N–H and O–H groups in total. The third kappa shape index (κ3) is 1.86. The van der Waals surface area contributed by atoms with Crippen molar-refractivity contribution in [2.24, 2.45) is 0 Å². The summed E-state index contributed by atoms with van der Waals surface area (Å²) in [7, 11) is 0. The normalized spacial score (nSPS) is 14.8. The number of thiophene rings is 1. The number of aryl methyl sites for hydroxylation is 1. The molecule has 0 aliphatic rings. The zero-order valence-corrected chi connectivity index (χ0v) is 9.88. The summed E-state index contributed by atoms with van der Waals surface area (Å²) in [6.07, 6.45) is 2.61. The fraction of sp³-hybridized carbons (Fsp3) is 0.250. The summed E-state index contributed by atoms with van der Waals surface area (Å²) in [5.74, 6) is -0.438. The van der Waals surface area contributed by atoms with Crippen molar-refractivity contribution < 1.29 is 9.50 Å². The van der Waals surface area contributed by atoms with Crippen LogP contribution in [-0.4, -0.2) is 10.1 Å². The summed E-state index contributed by atoms with van der Waals surface area (Å²) in [5, 5.41) is 12.4. The number of aromatic nitrogens is 1. The van der Waals surface area contributed by atoms with Crippen molar-refractivity contribution in [3.63, 3.8) is 0 Å². The average Bonchev–Trinajstić information content (AvgIpc) is 2.65. The Balaban J connectivity index is 2.51. The lowest BCUT2D eigenvalue weighted by atomic mass is 9.94. The molecule has 2 rings (SSSR count). The predicted molar refractivity (Wildman–Crippen MR) is 61.9 cm³/mol. The number of rotatable bonds is 2.